The van der Waals surface area contributed by atoms with Crippen molar-refractivity contribution in [2.75, 3.05) is 13.2 Å². The lowest BCUT2D eigenvalue weighted by atomic mass is 9.96. The van der Waals surface area contributed by atoms with Crippen LogP contribution in [0.3, 0.4) is 0 Å². The number of carboxylic acid groups (broad SMARTS) is 7. The number of hydrogen-bond acceptors (Lipinski definition) is 11. The standard InChI is InChI=1S/C6H8O7.C4H6O5.C4H6O4.C4H10O2/c7-3(8)1-6(13,5(11)12)2-4(9)10;5-2(4(8)9)1-3(6)7;5-3(6)1-2-4(7)8;5-3-1-2-4-6/h13H,1-2H2,(H,7,8)(H,9,10)(H,11,12);2,5H,1H2,(H,6,7)(H,8,9);1-2H2,(H,5,6)(H,7,8);5-6H,1-4H2. The molecule has 18 heteroatoms. The molecule has 0 rings (SSSR count). The third-order valence-corrected chi connectivity index (χ3v) is 3.06. The topological polar surface area (TPSA) is 342 Å². The molecule has 0 spiro atoms. The van der Waals surface area contributed by atoms with Gasteiger partial charge in [-0.05, 0) is 12.8 Å². The van der Waals surface area contributed by atoms with Crippen LogP contribution in [0.2, 0.25) is 0 Å². The van der Waals surface area contributed by atoms with Crippen LogP contribution in [-0.4, -0.2) is 123 Å². The molecule has 0 fully saturated rings. The van der Waals surface area contributed by atoms with E-state index in [9.17, 15) is 33.6 Å². The summed E-state index contributed by atoms with van der Waals surface area (Å²) in [6.07, 6.45) is -3.99. The van der Waals surface area contributed by atoms with E-state index in [1.54, 1.807) is 0 Å². The molecular formula is C18H30O18. The van der Waals surface area contributed by atoms with Crippen molar-refractivity contribution in [2.24, 2.45) is 0 Å². The SMILES string of the molecule is O=C(O)CC(O)(CC(=O)O)C(=O)O.O=C(O)CC(O)C(=O)O.O=C(O)CCC(=O)O.OCCCCO. The summed E-state index contributed by atoms with van der Waals surface area (Å²) in [5.74, 6) is -10.0. The van der Waals surface area contributed by atoms with Crippen molar-refractivity contribution in [1.82, 2.24) is 0 Å². The average Bonchev–Trinajstić information content (AvgIpc) is 2.70. The van der Waals surface area contributed by atoms with Crippen LogP contribution in [-0.2, 0) is 33.6 Å². The molecule has 0 aliphatic carbocycles. The number of aliphatic hydroxyl groups is 4. The summed E-state index contributed by atoms with van der Waals surface area (Å²) in [7, 11) is 0. The van der Waals surface area contributed by atoms with Gasteiger partial charge in [0.25, 0.3) is 0 Å². The van der Waals surface area contributed by atoms with Crippen molar-refractivity contribution in [1.29, 1.82) is 0 Å². The minimum Gasteiger partial charge on any atom is -0.481 e. The Labute approximate surface area is 202 Å². The van der Waals surface area contributed by atoms with Crippen LogP contribution in [0.5, 0.6) is 0 Å². The summed E-state index contributed by atoms with van der Waals surface area (Å²) in [5.41, 5.74) is -2.74. The first-order chi connectivity index (χ1) is 16.4. The smallest absolute Gasteiger partial charge is 0.336 e. The molecule has 0 aromatic rings. The van der Waals surface area contributed by atoms with E-state index in [2.05, 4.69) is 0 Å². The molecule has 0 bridgehead atoms. The highest BCUT2D eigenvalue weighted by Crippen LogP contribution is 2.15. The van der Waals surface area contributed by atoms with Crippen LogP contribution in [0.25, 0.3) is 0 Å². The van der Waals surface area contributed by atoms with Gasteiger partial charge >= 0.3 is 41.8 Å². The normalized spacial score (nSPS) is 10.4. The second-order valence-electron chi connectivity index (χ2n) is 6.37. The molecule has 0 amide bonds. The van der Waals surface area contributed by atoms with Gasteiger partial charge in [0.15, 0.2) is 11.7 Å². The Kier molecular flexibility index (Phi) is 25.0. The van der Waals surface area contributed by atoms with Gasteiger partial charge in [0, 0.05) is 13.2 Å². The number of aliphatic hydroxyl groups excluding tert-OH is 3. The maximum absolute atomic E-state index is 10.3. The second kappa shape index (κ2) is 22.9. The predicted octanol–water partition coefficient (Wildman–Crippen LogP) is -2.65. The van der Waals surface area contributed by atoms with E-state index < -0.39 is 72.8 Å². The fraction of sp³-hybridized carbons (Fsp3) is 0.611. The van der Waals surface area contributed by atoms with Crippen LogP contribution in [0.1, 0.15) is 44.9 Å². The van der Waals surface area contributed by atoms with Gasteiger partial charge in [-0.15, -0.1) is 0 Å². The summed E-state index contributed by atoms with van der Waals surface area (Å²) < 4.78 is 0. The number of hydrogen-bond donors (Lipinski definition) is 11. The van der Waals surface area contributed by atoms with E-state index in [4.69, 9.17) is 56.2 Å². The Morgan fingerprint density at radius 2 is 0.917 bits per heavy atom. The van der Waals surface area contributed by atoms with Gasteiger partial charge < -0.3 is 56.2 Å². The number of unbranched alkanes of at least 4 members (excludes halogenated alkanes) is 1. The Bertz CT molecular complexity index is 681. The zero-order valence-electron chi connectivity index (χ0n) is 18.7. The lowest BCUT2D eigenvalue weighted by Crippen LogP contribution is -2.42. The van der Waals surface area contributed by atoms with Gasteiger partial charge in [0.1, 0.15) is 0 Å². The second-order valence-corrected chi connectivity index (χ2v) is 6.37. The zero-order valence-corrected chi connectivity index (χ0v) is 18.7. The average molecular weight is 534 g/mol. The third kappa shape index (κ3) is 32.3. The minimum absolute atomic E-state index is 0.195. The first-order valence-electron chi connectivity index (χ1n) is 9.53. The Morgan fingerprint density at radius 3 is 1.06 bits per heavy atom. The number of rotatable bonds is 14. The summed E-state index contributed by atoms with van der Waals surface area (Å²) in [6, 6.07) is 0. The Hall–Kier alpha value is -3.87. The van der Waals surface area contributed by atoms with Crippen LogP contribution in [0.15, 0.2) is 0 Å². The zero-order chi connectivity index (χ0) is 29.5. The minimum atomic E-state index is -2.74. The molecule has 1 atom stereocenters. The molecule has 0 saturated carbocycles. The highest BCUT2D eigenvalue weighted by atomic mass is 16.4. The lowest BCUT2D eigenvalue weighted by Gasteiger charge is -2.18. The molecule has 36 heavy (non-hydrogen) atoms. The molecule has 0 aliphatic rings. The Morgan fingerprint density at radius 1 is 0.583 bits per heavy atom. The van der Waals surface area contributed by atoms with Crippen molar-refractivity contribution >= 4 is 41.8 Å². The van der Waals surface area contributed by atoms with Gasteiger partial charge in [0.2, 0.25) is 0 Å². The maximum Gasteiger partial charge on any atom is 0.336 e. The lowest BCUT2D eigenvalue weighted by molar-refractivity contribution is -0.170. The summed E-state index contributed by atoms with van der Waals surface area (Å²) in [6.45, 7) is 0.390. The number of carboxylic acids is 7. The predicted molar refractivity (Wildman–Crippen MR) is 111 cm³/mol. The van der Waals surface area contributed by atoms with Crippen LogP contribution < -0.4 is 0 Å². The molecule has 0 aromatic carbocycles. The highest BCUT2D eigenvalue weighted by Gasteiger charge is 2.40. The highest BCUT2D eigenvalue weighted by molar-refractivity contribution is 5.88. The van der Waals surface area contributed by atoms with Crippen LogP contribution in [0, 0.1) is 0 Å². The van der Waals surface area contributed by atoms with Gasteiger partial charge in [0.05, 0.1) is 32.1 Å². The van der Waals surface area contributed by atoms with Gasteiger partial charge in [-0.1, -0.05) is 0 Å². The number of aliphatic carboxylic acids is 7. The maximum atomic E-state index is 10.3. The largest absolute Gasteiger partial charge is 0.481 e. The molecule has 0 heterocycles. The third-order valence-electron chi connectivity index (χ3n) is 3.06. The summed E-state index contributed by atoms with van der Waals surface area (Å²) in [5, 5.41) is 89.9. The first-order valence-corrected chi connectivity index (χ1v) is 9.53. The van der Waals surface area contributed by atoms with Gasteiger partial charge in [-0.25, -0.2) is 9.59 Å². The molecule has 0 aromatic heterocycles. The first kappa shape index (κ1) is 39.3. The van der Waals surface area contributed by atoms with Crippen LogP contribution >= 0.6 is 0 Å². The van der Waals surface area contributed by atoms with Crippen molar-refractivity contribution in [2.45, 2.75) is 56.7 Å². The van der Waals surface area contributed by atoms with Crippen molar-refractivity contribution in [3.8, 4) is 0 Å². The molecule has 210 valence electrons. The molecule has 0 aliphatic heterocycles. The molecule has 18 nitrogen and oxygen atoms in total. The monoisotopic (exact) mass is 534 g/mol. The van der Waals surface area contributed by atoms with E-state index in [0.29, 0.717) is 0 Å². The van der Waals surface area contributed by atoms with Gasteiger partial charge in [-0.3, -0.25) is 24.0 Å². The molecular weight excluding hydrogens is 504 g/mol. The van der Waals surface area contributed by atoms with E-state index in [0.717, 1.165) is 12.8 Å². The van der Waals surface area contributed by atoms with E-state index in [1.807, 2.05) is 0 Å². The molecule has 0 radical (unpaired) electrons. The number of carbonyl (C=O) groups is 7. The summed E-state index contributed by atoms with van der Waals surface area (Å²) >= 11 is 0. The van der Waals surface area contributed by atoms with Crippen molar-refractivity contribution in [3.63, 3.8) is 0 Å². The van der Waals surface area contributed by atoms with E-state index in [1.165, 1.54) is 0 Å². The molecule has 1 unspecified atom stereocenters. The molecule has 0 saturated heterocycles. The van der Waals surface area contributed by atoms with Gasteiger partial charge in [-0.2, -0.15) is 0 Å². The molecule has 11 N–H and O–H groups in total. The van der Waals surface area contributed by atoms with E-state index in [-0.39, 0.29) is 26.1 Å². The van der Waals surface area contributed by atoms with E-state index >= 15 is 0 Å². The van der Waals surface area contributed by atoms with Crippen molar-refractivity contribution in [3.05, 3.63) is 0 Å². The quantitative estimate of drug-likeness (QED) is 0.101. The van der Waals surface area contributed by atoms with Crippen LogP contribution in [0.4, 0.5) is 0 Å². The fourth-order valence-electron chi connectivity index (χ4n) is 1.40. The van der Waals surface area contributed by atoms with Crippen molar-refractivity contribution < 1.29 is 89.7 Å². The fourth-order valence-corrected chi connectivity index (χ4v) is 1.40. The summed E-state index contributed by atoms with van der Waals surface area (Å²) in [4.78, 5) is 69.2. The Balaban J connectivity index is -0.000000198.